The zero-order valence-electron chi connectivity index (χ0n) is 9.55. The van der Waals surface area contributed by atoms with E-state index in [1.54, 1.807) is 0 Å². The zero-order valence-corrected chi connectivity index (χ0v) is 9.55. The second-order valence-corrected chi connectivity index (χ2v) is 3.64. The molecule has 0 atom stereocenters. The fourth-order valence-electron chi connectivity index (χ4n) is 1.49. The highest BCUT2D eigenvalue weighted by Crippen LogP contribution is 2.12. The Balaban J connectivity index is 2.13. The molecule has 1 aromatic carbocycles. The molecule has 0 spiro atoms. The molecule has 1 heterocycles. The number of benzene rings is 1. The Hall–Kier alpha value is -2.23. The summed E-state index contributed by atoms with van der Waals surface area (Å²) in [5.41, 5.74) is 2.43. The summed E-state index contributed by atoms with van der Waals surface area (Å²) in [7, 11) is 0. The van der Waals surface area contributed by atoms with Gasteiger partial charge in [0.05, 0.1) is 5.56 Å². The first-order chi connectivity index (χ1) is 8.29. The third-order valence-corrected chi connectivity index (χ3v) is 2.42. The van der Waals surface area contributed by atoms with E-state index in [9.17, 15) is 4.79 Å². The van der Waals surface area contributed by atoms with Gasteiger partial charge in [-0.25, -0.2) is 9.97 Å². The first kappa shape index (κ1) is 11.3. The van der Waals surface area contributed by atoms with Crippen molar-refractivity contribution >= 4 is 11.6 Å². The number of hydrogen-bond donors (Lipinski definition) is 1. The standard InChI is InChI=1S/C13H13N3O/c1-2-10-4-3-5-12(6-10)16-13(17)11-7-14-9-15-8-11/h3-9H,2H2,1H3,(H,16,17). The van der Waals surface area contributed by atoms with E-state index in [0.717, 1.165) is 12.1 Å². The number of anilines is 1. The maximum atomic E-state index is 11.8. The lowest BCUT2D eigenvalue weighted by Crippen LogP contribution is -2.12. The van der Waals surface area contributed by atoms with E-state index < -0.39 is 0 Å². The Morgan fingerprint density at radius 1 is 1.29 bits per heavy atom. The SMILES string of the molecule is CCc1cccc(NC(=O)c2cncnc2)c1. The summed E-state index contributed by atoms with van der Waals surface area (Å²) >= 11 is 0. The predicted octanol–water partition coefficient (Wildman–Crippen LogP) is 2.29. The van der Waals surface area contributed by atoms with Crippen LogP contribution in [0.3, 0.4) is 0 Å². The Bertz CT molecular complexity index is 511. The number of nitrogens with zero attached hydrogens (tertiary/aromatic N) is 2. The topological polar surface area (TPSA) is 54.9 Å². The third-order valence-electron chi connectivity index (χ3n) is 2.42. The van der Waals surface area contributed by atoms with E-state index in [0.29, 0.717) is 5.56 Å². The van der Waals surface area contributed by atoms with Gasteiger partial charge in [-0.3, -0.25) is 4.79 Å². The lowest BCUT2D eigenvalue weighted by Gasteiger charge is -2.05. The zero-order chi connectivity index (χ0) is 12.1. The molecule has 0 radical (unpaired) electrons. The van der Waals surface area contributed by atoms with Gasteiger partial charge in [-0.15, -0.1) is 0 Å². The number of hydrogen-bond acceptors (Lipinski definition) is 3. The number of amides is 1. The van der Waals surface area contributed by atoms with Gasteiger partial charge in [0.1, 0.15) is 6.33 Å². The molecule has 4 nitrogen and oxygen atoms in total. The first-order valence-electron chi connectivity index (χ1n) is 5.45. The summed E-state index contributed by atoms with van der Waals surface area (Å²) in [5, 5.41) is 2.81. The van der Waals surface area contributed by atoms with Gasteiger partial charge in [-0.2, -0.15) is 0 Å². The van der Waals surface area contributed by atoms with Crippen LogP contribution in [0, 0.1) is 0 Å². The Morgan fingerprint density at radius 2 is 2.06 bits per heavy atom. The van der Waals surface area contributed by atoms with Crippen LogP contribution in [0.4, 0.5) is 5.69 Å². The molecule has 0 fully saturated rings. The molecular weight excluding hydrogens is 214 g/mol. The van der Waals surface area contributed by atoms with Gasteiger partial charge in [-0.05, 0) is 24.1 Å². The monoisotopic (exact) mass is 227 g/mol. The van der Waals surface area contributed by atoms with Gasteiger partial charge < -0.3 is 5.32 Å². The van der Waals surface area contributed by atoms with E-state index in [1.165, 1.54) is 24.3 Å². The first-order valence-corrected chi connectivity index (χ1v) is 5.45. The Labute approximate surface area is 99.7 Å². The van der Waals surface area contributed by atoms with Crippen molar-refractivity contribution < 1.29 is 4.79 Å². The van der Waals surface area contributed by atoms with Crippen molar-refractivity contribution in [2.24, 2.45) is 0 Å². The lowest BCUT2D eigenvalue weighted by molar-refractivity contribution is 0.102. The minimum absolute atomic E-state index is 0.196. The van der Waals surface area contributed by atoms with Gasteiger partial charge in [0.15, 0.2) is 0 Å². The van der Waals surface area contributed by atoms with Crippen LogP contribution >= 0.6 is 0 Å². The molecule has 1 N–H and O–H groups in total. The van der Waals surface area contributed by atoms with Crippen LogP contribution in [-0.4, -0.2) is 15.9 Å². The normalized spacial score (nSPS) is 9.94. The number of carbonyl (C=O) groups is 1. The van der Waals surface area contributed by atoms with Crippen LogP contribution in [0.2, 0.25) is 0 Å². The summed E-state index contributed by atoms with van der Waals surface area (Å²) in [5.74, 6) is -0.196. The molecule has 4 heteroatoms. The van der Waals surface area contributed by atoms with Crippen molar-refractivity contribution in [2.45, 2.75) is 13.3 Å². The number of carbonyl (C=O) groups excluding carboxylic acids is 1. The smallest absolute Gasteiger partial charge is 0.258 e. The van der Waals surface area contributed by atoms with Crippen molar-refractivity contribution in [1.29, 1.82) is 0 Å². The largest absolute Gasteiger partial charge is 0.322 e. The molecule has 0 aliphatic carbocycles. The molecule has 86 valence electrons. The van der Waals surface area contributed by atoms with Crippen molar-refractivity contribution in [3.63, 3.8) is 0 Å². The van der Waals surface area contributed by atoms with Crippen molar-refractivity contribution in [2.75, 3.05) is 5.32 Å². The Kier molecular flexibility index (Phi) is 3.45. The quantitative estimate of drug-likeness (QED) is 0.875. The predicted molar refractivity (Wildman–Crippen MR) is 65.8 cm³/mol. The van der Waals surface area contributed by atoms with Gasteiger partial charge in [-0.1, -0.05) is 19.1 Å². The van der Waals surface area contributed by atoms with Crippen LogP contribution in [-0.2, 0) is 6.42 Å². The van der Waals surface area contributed by atoms with Crippen molar-refractivity contribution in [3.8, 4) is 0 Å². The van der Waals surface area contributed by atoms with Gasteiger partial charge in [0, 0.05) is 18.1 Å². The molecule has 0 aliphatic heterocycles. The van der Waals surface area contributed by atoms with Gasteiger partial charge in [0.2, 0.25) is 0 Å². The summed E-state index contributed by atoms with van der Waals surface area (Å²) in [6.07, 6.45) is 5.32. The van der Waals surface area contributed by atoms with Crippen LogP contribution in [0.1, 0.15) is 22.8 Å². The highest BCUT2D eigenvalue weighted by molar-refractivity contribution is 6.03. The molecule has 0 saturated heterocycles. The fourth-order valence-corrected chi connectivity index (χ4v) is 1.49. The molecule has 0 unspecified atom stereocenters. The average molecular weight is 227 g/mol. The van der Waals surface area contributed by atoms with Crippen LogP contribution in [0.5, 0.6) is 0 Å². The number of rotatable bonds is 3. The highest BCUT2D eigenvalue weighted by atomic mass is 16.1. The minimum Gasteiger partial charge on any atom is -0.322 e. The summed E-state index contributed by atoms with van der Waals surface area (Å²) in [6, 6.07) is 7.78. The summed E-state index contributed by atoms with van der Waals surface area (Å²) in [6.45, 7) is 2.08. The molecule has 0 saturated carbocycles. The van der Waals surface area contributed by atoms with Gasteiger partial charge >= 0.3 is 0 Å². The number of nitrogens with one attached hydrogen (secondary N) is 1. The Morgan fingerprint density at radius 3 is 2.76 bits per heavy atom. The van der Waals surface area contributed by atoms with E-state index in [4.69, 9.17) is 0 Å². The van der Waals surface area contributed by atoms with Gasteiger partial charge in [0.25, 0.3) is 5.91 Å². The maximum Gasteiger partial charge on any atom is 0.258 e. The van der Waals surface area contributed by atoms with Crippen LogP contribution < -0.4 is 5.32 Å². The molecule has 0 bridgehead atoms. The highest BCUT2D eigenvalue weighted by Gasteiger charge is 2.06. The van der Waals surface area contributed by atoms with E-state index in [2.05, 4.69) is 22.2 Å². The summed E-state index contributed by atoms with van der Waals surface area (Å²) in [4.78, 5) is 19.4. The number of aryl methyl sites for hydroxylation is 1. The average Bonchev–Trinajstić information content (AvgIpc) is 2.40. The van der Waals surface area contributed by atoms with Crippen LogP contribution in [0.15, 0.2) is 43.0 Å². The van der Waals surface area contributed by atoms with E-state index in [1.807, 2.05) is 24.3 Å². The van der Waals surface area contributed by atoms with E-state index in [-0.39, 0.29) is 5.91 Å². The second-order valence-electron chi connectivity index (χ2n) is 3.64. The lowest BCUT2D eigenvalue weighted by atomic mass is 10.1. The van der Waals surface area contributed by atoms with Crippen LogP contribution in [0.25, 0.3) is 0 Å². The minimum atomic E-state index is -0.196. The summed E-state index contributed by atoms with van der Waals surface area (Å²) < 4.78 is 0. The third kappa shape index (κ3) is 2.87. The molecular formula is C13H13N3O. The molecule has 2 rings (SSSR count). The second kappa shape index (κ2) is 5.21. The fraction of sp³-hybridized carbons (Fsp3) is 0.154. The molecule has 0 aliphatic rings. The maximum absolute atomic E-state index is 11.8. The molecule has 1 amide bonds. The van der Waals surface area contributed by atoms with Crippen molar-refractivity contribution in [3.05, 3.63) is 54.1 Å². The number of aromatic nitrogens is 2. The van der Waals surface area contributed by atoms with E-state index >= 15 is 0 Å². The van der Waals surface area contributed by atoms with Crippen molar-refractivity contribution in [1.82, 2.24) is 9.97 Å². The molecule has 2 aromatic rings. The molecule has 17 heavy (non-hydrogen) atoms. The molecule has 1 aromatic heterocycles.